The third-order valence-electron chi connectivity index (χ3n) is 2.95. The van der Waals surface area contributed by atoms with Crippen LogP contribution >= 0.6 is 0 Å². The van der Waals surface area contributed by atoms with E-state index in [9.17, 15) is 0 Å². The van der Waals surface area contributed by atoms with Crippen molar-refractivity contribution in [3.63, 3.8) is 0 Å². The van der Waals surface area contributed by atoms with Gasteiger partial charge in [0, 0.05) is 13.1 Å². The first-order valence-electron chi connectivity index (χ1n) is 5.75. The van der Waals surface area contributed by atoms with Crippen molar-refractivity contribution in [1.29, 1.82) is 5.26 Å². The highest BCUT2D eigenvalue weighted by atomic mass is 16.5. The van der Waals surface area contributed by atoms with Crippen molar-refractivity contribution in [2.45, 2.75) is 19.6 Å². The van der Waals surface area contributed by atoms with Crippen LogP contribution in [0, 0.1) is 11.3 Å². The first-order chi connectivity index (χ1) is 8.24. The molecule has 1 unspecified atom stereocenters. The van der Waals surface area contributed by atoms with E-state index >= 15 is 0 Å². The van der Waals surface area contributed by atoms with Crippen molar-refractivity contribution in [1.82, 2.24) is 0 Å². The van der Waals surface area contributed by atoms with Gasteiger partial charge in [0.05, 0.1) is 30.6 Å². The Morgan fingerprint density at radius 3 is 3.06 bits per heavy atom. The molecule has 17 heavy (non-hydrogen) atoms. The van der Waals surface area contributed by atoms with Crippen molar-refractivity contribution < 1.29 is 9.84 Å². The molecule has 1 heterocycles. The van der Waals surface area contributed by atoms with Crippen LogP contribution in [0.2, 0.25) is 0 Å². The number of nitrogens with zero attached hydrogens (tertiary/aromatic N) is 2. The van der Waals surface area contributed by atoms with Crippen LogP contribution in [-0.4, -0.2) is 30.9 Å². The Bertz CT molecular complexity index is 440. The van der Waals surface area contributed by atoms with Gasteiger partial charge < -0.3 is 14.7 Å². The van der Waals surface area contributed by atoms with Gasteiger partial charge in [0.1, 0.15) is 6.07 Å². The predicted octanol–water partition coefficient (Wildman–Crippen LogP) is 1.28. The molecule has 1 fully saturated rings. The predicted molar refractivity (Wildman–Crippen MR) is 64.7 cm³/mol. The quantitative estimate of drug-likeness (QED) is 0.834. The summed E-state index contributed by atoms with van der Waals surface area (Å²) in [6.45, 7) is 4.28. The number of anilines is 1. The lowest BCUT2D eigenvalue weighted by atomic mass is 10.1. The SMILES string of the molecule is CC1CN(c2ccc(CO)cc2C#N)CCO1. The summed E-state index contributed by atoms with van der Waals surface area (Å²) in [7, 11) is 0. The van der Waals surface area contributed by atoms with Crippen molar-refractivity contribution in [2.75, 3.05) is 24.6 Å². The molecule has 4 heteroatoms. The standard InChI is InChI=1S/C13H16N2O2/c1-10-8-15(4-5-17-10)13-3-2-11(9-16)6-12(13)7-14/h2-3,6,10,16H,4-5,8-9H2,1H3. The molecule has 0 bridgehead atoms. The number of hydrogen-bond acceptors (Lipinski definition) is 4. The van der Waals surface area contributed by atoms with Crippen LogP contribution in [0.4, 0.5) is 5.69 Å². The summed E-state index contributed by atoms with van der Waals surface area (Å²) in [5, 5.41) is 18.2. The van der Waals surface area contributed by atoms with Gasteiger partial charge in [-0.2, -0.15) is 5.26 Å². The molecule has 2 rings (SSSR count). The van der Waals surface area contributed by atoms with E-state index in [1.165, 1.54) is 0 Å². The highest BCUT2D eigenvalue weighted by Crippen LogP contribution is 2.23. The van der Waals surface area contributed by atoms with Crippen molar-refractivity contribution in [3.05, 3.63) is 29.3 Å². The van der Waals surface area contributed by atoms with E-state index in [1.54, 1.807) is 6.07 Å². The fraction of sp³-hybridized carbons (Fsp3) is 0.462. The van der Waals surface area contributed by atoms with Crippen LogP contribution in [-0.2, 0) is 11.3 Å². The molecule has 1 aromatic carbocycles. The zero-order valence-corrected chi connectivity index (χ0v) is 9.89. The average molecular weight is 232 g/mol. The Labute approximate surface area is 101 Å². The molecule has 0 radical (unpaired) electrons. The Morgan fingerprint density at radius 1 is 1.59 bits per heavy atom. The fourth-order valence-corrected chi connectivity index (χ4v) is 2.08. The number of benzene rings is 1. The van der Waals surface area contributed by atoms with Crippen LogP contribution in [0.5, 0.6) is 0 Å². The average Bonchev–Trinajstić information content (AvgIpc) is 2.38. The Balaban J connectivity index is 2.28. The maximum atomic E-state index is 9.15. The molecule has 1 aromatic rings. The molecule has 1 N–H and O–H groups in total. The number of aliphatic hydroxyl groups is 1. The van der Waals surface area contributed by atoms with Crippen LogP contribution < -0.4 is 4.90 Å². The van der Waals surface area contributed by atoms with Gasteiger partial charge in [-0.15, -0.1) is 0 Å². The third kappa shape index (κ3) is 2.57. The summed E-state index contributed by atoms with van der Waals surface area (Å²) < 4.78 is 5.48. The van der Waals surface area contributed by atoms with Crippen molar-refractivity contribution in [3.8, 4) is 6.07 Å². The van der Waals surface area contributed by atoms with E-state index in [0.717, 1.165) is 24.3 Å². The minimum atomic E-state index is -0.0333. The van der Waals surface area contributed by atoms with Crippen LogP contribution in [0.15, 0.2) is 18.2 Å². The van der Waals surface area contributed by atoms with Gasteiger partial charge >= 0.3 is 0 Å². The number of ether oxygens (including phenoxy) is 1. The largest absolute Gasteiger partial charge is 0.392 e. The zero-order valence-electron chi connectivity index (χ0n) is 9.89. The summed E-state index contributed by atoms with van der Waals surface area (Å²) in [4.78, 5) is 2.16. The molecular formula is C13H16N2O2. The minimum absolute atomic E-state index is 0.0333. The highest BCUT2D eigenvalue weighted by molar-refractivity contribution is 5.60. The maximum Gasteiger partial charge on any atom is 0.101 e. The summed E-state index contributed by atoms with van der Waals surface area (Å²) in [5.74, 6) is 0. The Morgan fingerprint density at radius 2 is 2.41 bits per heavy atom. The molecule has 0 aliphatic carbocycles. The zero-order chi connectivity index (χ0) is 12.3. The van der Waals surface area contributed by atoms with Gasteiger partial charge in [-0.05, 0) is 24.6 Å². The second kappa shape index (κ2) is 5.17. The fourth-order valence-electron chi connectivity index (χ4n) is 2.08. The van der Waals surface area contributed by atoms with Gasteiger partial charge in [0.2, 0.25) is 0 Å². The number of morpholine rings is 1. The molecule has 0 aromatic heterocycles. The molecule has 4 nitrogen and oxygen atoms in total. The maximum absolute atomic E-state index is 9.15. The monoisotopic (exact) mass is 232 g/mol. The molecule has 0 spiro atoms. The number of rotatable bonds is 2. The van der Waals surface area contributed by atoms with Gasteiger partial charge in [-0.1, -0.05) is 6.07 Å². The van der Waals surface area contributed by atoms with Crippen LogP contribution in [0.25, 0.3) is 0 Å². The van der Waals surface area contributed by atoms with E-state index in [4.69, 9.17) is 15.1 Å². The minimum Gasteiger partial charge on any atom is -0.392 e. The summed E-state index contributed by atoms with van der Waals surface area (Å²) in [6.07, 6.45) is 0.188. The first kappa shape index (κ1) is 11.9. The Kier molecular flexibility index (Phi) is 3.62. The number of aliphatic hydroxyl groups excluding tert-OH is 1. The lowest BCUT2D eigenvalue weighted by Crippen LogP contribution is -2.41. The van der Waals surface area contributed by atoms with Gasteiger partial charge in [0.15, 0.2) is 0 Å². The lowest BCUT2D eigenvalue weighted by Gasteiger charge is -2.33. The molecule has 1 saturated heterocycles. The Hall–Kier alpha value is -1.57. The molecule has 1 atom stereocenters. The summed E-state index contributed by atoms with van der Waals surface area (Å²) in [5.41, 5.74) is 2.32. The third-order valence-corrected chi connectivity index (χ3v) is 2.95. The lowest BCUT2D eigenvalue weighted by molar-refractivity contribution is 0.0532. The molecule has 1 aliphatic rings. The topological polar surface area (TPSA) is 56.5 Å². The summed E-state index contributed by atoms with van der Waals surface area (Å²) in [6, 6.07) is 7.70. The van der Waals surface area contributed by atoms with E-state index in [-0.39, 0.29) is 12.7 Å². The second-order valence-corrected chi connectivity index (χ2v) is 4.25. The normalized spacial score (nSPS) is 20.1. The first-order valence-corrected chi connectivity index (χ1v) is 5.75. The van der Waals surface area contributed by atoms with Crippen molar-refractivity contribution >= 4 is 5.69 Å². The van der Waals surface area contributed by atoms with Gasteiger partial charge in [-0.3, -0.25) is 0 Å². The van der Waals surface area contributed by atoms with E-state index < -0.39 is 0 Å². The summed E-state index contributed by atoms with van der Waals surface area (Å²) >= 11 is 0. The molecule has 0 amide bonds. The number of hydrogen-bond donors (Lipinski definition) is 1. The van der Waals surface area contributed by atoms with Gasteiger partial charge in [0.25, 0.3) is 0 Å². The smallest absolute Gasteiger partial charge is 0.101 e. The highest BCUT2D eigenvalue weighted by Gasteiger charge is 2.19. The molecule has 90 valence electrons. The van der Waals surface area contributed by atoms with Crippen LogP contribution in [0.1, 0.15) is 18.1 Å². The van der Waals surface area contributed by atoms with E-state index in [2.05, 4.69) is 11.0 Å². The van der Waals surface area contributed by atoms with E-state index in [1.807, 2.05) is 19.1 Å². The van der Waals surface area contributed by atoms with Gasteiger partial charge in [-0.25, -0.2) is 0 Å². The molecule has 1 aliphatic heterocycles. The second-order valence-electron chi connectivity index (χ2n) is 4.25. The van der Waals surface area contributed by atoms with E-state index in [0.29, 0.717) is 12.2 Å². The molecular weight excluding hydrogens is 216 g/mol. The van der Waals surface area contributed by atoms with Crippen molar-refractivity contribution in [2.24, 2.45) is 0 Å². The molecule has 0 saturated carbocycles. The number of nitriles is 1. The van der Waals surface area contributed by atoms with Crippen LogP contribution in [0.3, 0.4) is 0 Å².